The molecule has 0 heterocycles. The monoisotopic (exact) mass is 368 g/mol. The van der Waals surface area contributed by atoms with Gasteiger partial charge in [0.25, 0.3) is 0 Å². The van der Waals surface area contributed by atoms with Crippen molar-refractivity contribution < 1.29 is 4.74 Å². The van der Waals surface area contributed by atoms with E-state index in [1.807, 2.05) is 7.11 Å². The summed E-state index contributed by atoms with van der Waals surface area (Å²) in [5.74, 6) is 0.758. The molecule has 0 aliphatic rings. The first kappa shape index (κ1) is 26.0. The summed E-state index contributed by atoms with van der Waals surface area (Å²) in [5, 5.41) is 0. The number of rotatable bonds is 20. The van der Waals surface area contributed by atoms with Crippen LogP contribution in [-0.4, -0.2) is 12.7 Å². The predicted octanol–water partition coefficient (Wildman–Crippen LogP) is 9.09. The molecule has 1 atom stereocenters. The molecule has 0 radical (unpaired) electrons. The normalized spacial score (nSPS) is 13.3. The summed E-state index contributed by atoms with van der Waals surface area (Å²) in [6, 6.07) is 0. The van der Waals surface area contributed by atoms with Crippen molar-refractivity contribution in [1.29, 1.82) is 0 Å². The number of ether oxygens (including phenoxy) is 1. The molecule has 0 aromatic heterocycles. The van der Waals surface area contributed by atoms with E-state index in [2.05, 4.69) is 27.7 Å². The second-order valence-electron chi connectivity index (χ2n) is 8.49. The van der Waals surface area contributed by atoms with Crippen molar-refractivity contribution in [3.8, 4) is 0 Å². The van der Waals surface area contributed by atoms with Crippen LogP contribution in [0.5, 0.6) is 0 Å². The second kappa shape index (κ2) is 18.3. The lowest BCUT2D eigenvalue weighted by molar-refractivity contribution is -0.0712. The van der Waals surface area contributed by atoms with E-state index >= 15 is 0 Å². The van der Waals surface area contributed by atoms with Crippen molar-refractivity contribution in [2.24, 2.45) is 5.92 Å². The number of hydrogen-bond acceptors (Lipinski definition) is 1. The first-order valence-corrected chi connectivity index (χ1v) is 12.3. The Morgan fingerprint density at radius 1 is 0.538 bits per heavy atom. The van der Waals surface area contributed by atoms with Crippen LogP contribution in [0.2, 0.25) is 0 Å². The molecule has 26 heavy (non-hydrogen) atoms. The molecule has 0 fully saturated rings. The van der Waals surface area contributed by atoms with Gasteiger partial charge in [0.1, 0.15) is 0 Å². The smallest absolute Gasteiger partial charge is 0.0701 e. The quantitative estimate of drug-likeness (QED) is 0.195. The maximum Gasteiger partial charge on any atom is 0.0701 e. The van der Waals surface area contributed by atoms with Crippen LogP contribution >= 0.6 is 0 Å². The Balaban J connectivity index is 4.20. The Labute approximate surface area is 167 Å². The third-order valence-corrected chi connectivity index (χ3v) is 6.66. The van der Waals surface area contributed by atoms with Gasteiger partial charge in [-0.25, -0.2) is 0 Å². The molecule has 0 aromatic carbocycles. The average molecular weight is 369 g/mol. The molecule has 0 spiro atoms. The molecule has 0 saturated carbocycles. The number of methoxy groups -OCH3 is 1. The summed E-state index contributed by atoms with van der Waals surface area (Å²) >= 11 is 0. The molecule has 0 rings (SSSR count). The largest absolute Gasteiger partial charge is 0.378 e. The van der Waals surface area contributed by atoms with E-state index in [1.165, 1.54) is 103 Å². The summed E-state index contributed by atoms with van der Waals surface area (Å²) in [4.78, 5) is 0. The Morgan fingerprint density at radius 3 is 1.19 bits per heavy atom. The highest BCUT2D eigenvalue weighted by Crippen LogP contribution is 2.36. The topological polar surface area (TPSA) is 9.23 Å². The van der Waals surface area contributed by atoms with Crippen molar-refractivity contribution in [2.75, 3.05) is 7.11 Å². The number of unbranched alkanes of at least 4 members (excludes halogenated alkanes) is 12. The summed E-state index contributed by atoms with van der Waals surface area (Å²) in [6.45, 7) is 9.26. The summed E-state index contributed by atoms with van der Waals surface area (Å²) in [5.41, 5.74) is 0.130. The SMILES string of the molecule is CCCCCCCCCCC(CCCCCCCC)C(CC)(CC)OC. The van der Waals surface area contributed by atoms with E-state index in [0.717, 1.165) is 18.8 Å². The Hall–Kier alpha value is -0.0400. The molecule has 1 nitrogen and oxygen atoms in total. The molecule has 0 aliphatic heterocycles. The molecule has 0 aromatic rings. The lowest BCUT2D eigenvalue weighted by atomic mass is 9.76. The molecule has 1 heteroatoms. The van der Waals surface area contributed by atoms with Crippen LogP contribution in [0.3, 0.4) is 0 Å². The summed E-state index contributed by atoms with van der Waals surface area (Å²) < 4.78 is 6.12. The van der Waals surface area contributed by atoms with Crippen molar-refractivity contribution in [1.82, 2.24) is 0 Å². The minimum atomic E-state index is 0.130. The van der Waals surface area contributed by atoms with E-state index in [0.29, 0.717) is 0 Å². The van der Waals surface area contributed by atoms with E-state index in [9.17, 15) is 0 Å². The first-order valence-electron chi connectivity index (χ1n) is 12.3. The van der Waals surface area contributed by atoms with Gasteiger partial charge in [0.05, 0.1) is 5.60 Å². The van der Waals surface area contributed by atoms with Gasteiger partial charge in [-0.05, 0) is 31.6 Å². The van der Waals surface area contributed by atoms with Crippen molar-refractivity contribution in [3.63, 3.8) is 0 Å². The van der Waals surface area contributed by atoms with Gasteiger partial charge in [-0.2, -0.15) is 0 Å². The molecule has 0 amide bonds. The van der Waals surface area contributed by atoms with Gasteiger partial charge in [-0.1, -0.05) is 118 Å². The highest BCUT2D eigenvalue weighted by Gasteiger charge is 2.34. The van der Waals surface area contributed by atoms with Gasteiger partial charge >= 0.3 is 0 Å². The zero-order chi connectivity index (χ0) is 19.5. The highest BCUT2D eigenvalue weighted by molar-refractivity contribution is 4.86. The van der Waals surface area contributed by atoms with Crippen LogP contribution in [0.25, 0.3) is 0 Å². The lowest BCUT2D eigenvalue weighted by Gasteiger charge is -2.39. The van der Waals surface area contributed by atoms with Crippen LogP contribution in [0.15, 0.2) is 0 Å². The van der Waals surface area contributed by atoms with E-state index in [-0.39, 0.29) is 5.60 Å². The van der Waals surface area contributed by atoms with E-state index in [1.54, 1.807) is 0 Å². The Kier molecular flexibility index (Phi) is 18.3. The average Bonchev–Trinajstić information content (AvgIpc) is 2.67. The maximum absolute atomic E-state index is 6.12. The lowest BCUT2D eigenvalue weighted by Crippen LogP contribution is -2.39. The molecule has 0 N–H and O–H groups in total. The van der Waals surface area contributed by atoms with Gasteiger partial charge in [0.2, 0.25) is 0 Å². The minimum absolute atomic E-state index is 0.130. The van der Waals surface area contributed by atoms with Gasteiger partial charge in [-0.15, -0.1) is 0 Å². The fourth-order valence-electron chi connectivity index (χ4n) is 4.65. The standard InChI is InChI=1S/C25H52O/c1-6-10-12-14-16-17-19-21-23-24(25(8-3,9-4)26-5)22-20-18-15-13-11-7-2/h24H,6-23H2,1-5H3. The fourth-order valence-corrected chi connectivity index (χ4v) is 4.65. The van der Waals surface area contributed by atoms with Gasteiger partial charge in [0, 0.05) is 7.11 Å². The van der Waals surface area contributed by atoms with Crippen LogP contribution in [-0.2, 0) is 4.74 Å². The third-order valence-electron chi connectivity index (χ3n) is 6.66. The van der Waals surface area contributed by atoms with Crippen LogP contribution in [0.1, 0.15) is 143 Å². The molecule has 0 bridgehead atoms. The van der Waals surface area contributed by atoms with Crippen LogP contribution in [0, 0.1) is 5.92 Å². The summed E-state index contributed by atoms with van der Waals surface area (Å²) in [7, 11) is 1.95. The summed E-state index contributed by atoms with van der Waals surface area (Å²) in [6.07, 6.45) is 24.9. The molecular weight excluding hydrogens is 316 g/mol. The Morgan fingerprint density at radius 2 is 0.885 bits per heavy atom. The van der Waals surface area contributed by atoms with E-state index in [4.69, 9.17) is 4.74 Å². The van der Waals surface area contributed by atoms with Gasteiger partial charge in [0.15, 0.2) is 0 Å². The highest BCUT2D eigenvalue weighted by atomic mass is 16.5. The van der Waals surface area contributed by atoms with Gasteiger partial charge < -0.3 is 4.74 Å². The second-order valence-corrected chi connectivity index (χ2v) is 8.49. The zero-order valence-corrected chi connectivity index (χ0v) is 19.2. The van der Waals surface area contributed by atoms with Crippen LogP contribution < -0.4 is 0 Å². The van der Waals surface area contributed by atoms with Crippen molar-refractivity contribution >= 4 is 0 Å². The third kappa shape index (κ3) is 11.6. The number of hydrogen-bond donors (Lipinski definition) is 0. The van der Waals surface area contributed by atoms with E-state index < -0.39 is 0 Å². The Bertz CT molecular complexity index is 261. The maximum atomic E-state index is 6.12. The zero-order valence-electron chi connectivity index (χ0n) is 19.2. The molecule has 0 aliphatic carbocycles. The minimum Gasteiger partial charge on any atom is -0.378 e. The first-order chi connectivity index (χ1) is 12.7. The molecule has 0 saturated heterocycles. The fraction of sp³-hybridized carbons (Fsp3) is 1.00. The molecule has 158 valence electrons. The van der Waals surface area contributed by atoms with Crippen molar-refractivity contribution in [2.45, 2.75) is 149 Å². The van der Waals surface area contributed by atoms with Crippen molar-refractivity contribution in [3.05, 3.63) is 0 Å². The predicted molar refractivity (Wildman–Crippen MR) is 119 cm³/mol. The van der Waals surface area contributed by atoms with Gasteiger partial charge in [-0.3, -0.25) is 0 Å². The molecular formula is C25H52O. The molecule has 1 unspecified atom stereocenters. The van der Waals surface area contributed by atoms with Crippen LogP contribution in [0.4, 0.5) is 0 Å².